The molecule has 3 N–H and O–H groups in total. The Bertz CT molecular complexity index is 230. The maximum absolute atomic E-state index is 11.2. The standard InChI is InChI=1S/C7H12O6/c1-12-7-6(11)5(10)4(9)3(2-8)13-7/h3-4,6-9,11H,2H2,1H3/t3-,4-,6-,7+/m1/s1/i6D. The van der Waals surface area contributed by atoms with Gasteiger partial charge in [-0.1, -0.05) is 0 Å². The van der Waals surface area contributed by atoms with E-state index < -0.39 is 37.0 Å². The van der Waals surface area contributed by atoms with Gasteiger partial charge in [0.1, 0.15) is 12.2 Å². The number of carbonyl (C=O) groups excluding carboxylic acids is 1. The Morgan fingerprint density at radius 3 is 2.77 bits per heavy atom. The minimum Gasteiger partial charge on any atom is -0.394 e. The lowest BCUT2D eigenvalue weighted by molar-refractivity contribution is -0.247. The van der Waals surface area contributed by atoms with Gasteiger partial charge in [-0.25, -0.2) is 0 Å². The molecule has 0 aliphatic carbocycles. The highest BCUT2D eigenvalue weighted by atomic mass is 16.7. The third-order valence-corrected chi connectivity index (χ3v) is 1.79. The molecular weight excluding hydrogens is 180 g/mol. The molecule has 0 aromatic carbocycles. The zero-order chi connectivity index (χ0) is 10.9. The molecule has 4 atom stereocenters. The molecule has 0 saturated carbocycles. The van der Waals surface area contributed by atoms with Gasteiger partial charge in [0, 0.05) is 7.11 Å². The highest BCUT2D eigenvalue weighted by Crippen LogP contribution is 2.17. The Morgan fingerprint density at radius 2 is 2.31 bits per heavy atom. The van der Waals surface area contributed by atoms with Crippen LogP contribution in [0.2, 0.25) is 0 Å². The van der Waals surface area contributed by atoms with E-state index in [1.807, 2.05) is 0 Å². The van der Waals surface area contributed by atoms with Gasteiger partial charge in [-0.2, -0.15) is 0 Å². The quantitative estimate of drug-likeness (QED) is 0.454. The van der Waals surface area contributed by atoms with Crippen LogP contribution in [0.3, 0.4) is 0 Å². The molecule has 0 aromatic rings. The molecule has 0 spiro atoms. The summed E-state index contributed by atoms with van der Waals surface area (Å²) < 4.78 is 16.6. The van der Waals surface area contributed by atoms with Gasteiger partial charge in [0.25, 0.3) is 0 Å². The van der Waals surface area contributed by atoms with E-state index in [0.717, 1.165) is 7.11 Å². The van der Waals surface area contributed by atoms with Gasteiger partial charge >= 0.3 is 0 Å². The van der Waals surface area contributed by atoms with Gasteiger partial charge in [-0.3, -0.25) is 4.79 Å². The number of aliphatic hydroxyl groups is 3. The molecule has 0 bridgehead atoms. The van der Waals surface area contributed by atoms with Crippen molar-refractivity contribution in [1.29, 1.82) is 0 Å². The molecule has 1 fully saturated rings. The first-order valence-corrected chi connectivity index (χ1v) is 3.69. The number of hydrogen-bond acceptors (Lipinski definition) is 6. The van der Waals surface area contributed by atoms with E-state index >= 15 is 0 Å². The summed E-state index contributed by atoms with van der Waals surface area (Å²) in [7, 11) is 1.14. The summed E-state index contributed by atoms with van der Waals surface area (Å²) in [5.41, 5.74) is 0. The number of ether oxygens (including phenoxy) is 2. The van der Waals surface area contributed by atoms with Crippen molar-refractivity contribution in [3.05, 3.63) is 0 Å². The summed E-state index contributed by atoms with van der Waals surface area (Å²) in [4.78, 5) is 11.2. The highest BCUT2D eigenvalue weighted by molar-refractivity contribution is 5.88. The van der Waals surface area contributed by atoms with Gasteiger partial charge in [0.2, 0.25) is 0 Å². The molecule has 0 amide bonds. The lowest BCUT2D eigenvalue weighted by Crippen LogP contribution is -2.56. The van der Waals surface area contributed by atoms with E-state index in [4.69, 9.17) is 11.2 Å². The normalized spacial score (nSPS) is 47.5. The number of rotatable bonds is 2. The predicted octanol–water partition coefficient (Wildman–Crippen LogP) is -2.36. The molecular formula is C7H12O6. The minimum atomic E-state index is -2.64. The lowest BCUT2D eigenvalue weighted by Gasteiger charge is -2.34. The van der Waals surface area contributed by atoms with Gasteiger partial charge in [-0.05, 0) is 0 Å². The number of Topliss-reactive ketones (excluding diaryl/α,β-unsaturated/α-hetero) is 1. The molecule has 13 heavy (non-hydrogen) atoms. The fraction of sp³-hybridized carbons (Fsp3) is 0.857. The Balaban J connectivity index is 2.89. The first-order chi connectivity index (χ1) is 6.45. The Morgan fingerprint density at radius 1 is 1.69 bits per heavy atom. The van der Waals surface area contributed by atoms with E-state index in [-0.39, 0.29) is 0 Å². The average Bonchev–Trinajstić information content (AvgIpc) is 2.15. The average molecular weight is 193 g/mol. The van der Waals surface area contributed by atoms with Crippen molar-refractivity contribution < 1.29 is 31.0 Å². The SMILES string of the molecule is [2H][C@@]1(O)C(=O)[C@H](O)[C@@H](CO)O[C@@H]1OC. The summed E-state index contributed by atoms with van der Waals surface area (Å²) in [5.74, 6) is -1.14. The van der Waals surface area contributed by atoms with E-state index in [1.54, 1.807) is 0 Å². The smallest absolute Gasteiger partial charge is 0.197 e. The van der Waals surface area contributed by atoms with E-state index in [0.29, 0.717) is 0 Å². The van der Waals surface area contributed by atoms with E-state index in [9.17, 15) is 15.0 Å². The monoisotopic (exact) mass is 193 g/mol. The first-order valence-electron chi connectivity index (χ1n) is 4.19. The fourth-order valence-electron chi connectivity index (χ4n) is 1.04. The zero-order valence-corrected chi connectivity index (χ0v) is 7.01. The number of carbonyl (C=O) groups is 1. The molecule has 1 rings (SSSR count). The zero-order valence-electron chi connectivity index (χ0n) is 8.01. The largest absolute Gasteiger partial charge is 0.394 e. The summed E-state index contributed by atoms with van der Waals surface area (Å²) in [6.07, 6.45) is -7.03. The van der Waals surface area contributed by atoms with E-state index in [2.05, 4.69) is 4.74 Å². The molecule has 0 aromatic heterocycles. The van der Waals surface area contributed by atoms with Crippen molar-refractivity contribution in [2.24, 2.45) is 0 Å². The maximum atomic E-state index is 11.2. The summed E-state index contributed by atoms with van der Waals surface area (Å²) >= 11 is 0. The minimum absolute atomic E-state index is 0.594. The lowest BCUT2D eigenvalue weighted by atomic mass is 10.0. The van der Waals surface area contributed by atoms with Crippen molar-refractivity contribution in [3.8, 4) is 0 Å². The second-order valence-corrected chi connectivity index (χ2v) is 2.62. The number of methoxy groups -OCH3 is 1. The number of ketones is 1. The van der Waals surface area contributed by atoms with Gasteiger partial charge in [-0.15, -0.1) is 0 Å². The molecule has 1 aliphatic rings. The summed E-state index contributed by atoms with van der Waals surface area (Å²) in [5, 5.41) is 27.3. The number of hydrogen-bond donors (Lipinski definition) is 3. The van der Waals surface area contributed by atoms with Crippen LogP contribution in [0.25, 0.3) is 0 Å². The van der Waals surface area contributed by atoms with E-state index in [1.165, 1.54) is 0 Å². The molecule has 0 unspecified atom stereocenters. The molecule has 1 saturated heterocycles. The van der Waals surface area contributed by atoms with Crippen LogP contribution >= 0.6 is 0 Å². The second kappa shape index (κ2) is 4.12. The van der Waals surface area contributed by atoms with Gasteiger partial charge in [0.15, 0.2) is 18.2 Å². The first kappa shape index (κ1) is 9.04. The molecule has 1 heterocycles. The van der Waals surface area contributed by atoms with Crippen LogP contribution in [-0.2, 0) is 14.3 Å². The van der Waals surface area contributed by atoms with Crippen molar-refractivity contribution in [2.45, 2.75) is 24.6 Å². The molecule has 1 aliphatic heterocycles. The molecule has 6 nitrogen and oxygen atoms in total. The van der Waals surface area contributed by atoms with Crippen LogP contribution in [-0.4, -0.2) is 59.4 Å². The topological polar surface area (TPSA) is 96.2 Å². The number of aliphatic hydroxyl groups excluding tert-OH is 2. The van der Waals surface area contributed by atoms with Crippen LogP contribution in [0.4, 0.5) is 0 Å². The highest BCUT2D eigenvalue weighted by Gasteiger charge is 2.43. The predicted molar refractivity (Wildman–Crippen MR) is 39.8 cm³/mol. The molecule has 76 valence electrons. The van der Waals surface area contributed by atoms with Crippen molar-refractivity contribution in [3.63, 3.8) is 0 Å². The van der Waals surface area contributed by atoms with Crippen molar-refractivity contribution in [2.75, 3.05) is 13.7 Å². The third kappa shape index (κ3) is 1.87. The van der Waals surface area contributed by atoms with Crippen LogP contribution in [0.15, 0.2) is 0 Å². The summed E-state index contributed by atoms with van der Waals surface area (Å²) in [6, 6.07) is 0. The van der Waals surface area contributed by atoms with Crippen LogP contribution < -0.4 is 0 Å². The van der Waals surface area contributed by atoms with Crippen molar-refractivity contribution >= 4 is 5.78 Å². The maximum Gasteiger partial charge on any atom is 0.197 e. The molecule has 6 heteroatoms. The Kier molecular flexibility index (Phi) is 2.87. The third-order valence-electron chi connectivity index (χ3n) is 1.79. The van der Waals surface area contributed by atoms with Crippen LogP contribution in [0.5, 0.6) is 0 Å². The second-order valence-electron chi connectivity index (χ2n) is 2.62. The van der Waals surface area contributed by atoms with Crippen LogP contribution in [0.1, 0.15) is 1.37 Å². The van der Waals surface area contributed by atoms with Crippen LogP contribution in [0, 0.1) is 0 Å². The van der Waals surface area contributed by atoms with Gasteiger partial charge in [0.05, 0.1) is 7.98 Å². The fourth-order valence-corrected chi connectivity index (χ4v) is 1.04. The molecule has 0 radical (unpaired) electrons. The Labute approximate surface area is 76.1 Å². The van der Waals surface area contributed by atoms with Gasteiger partial charge < -0.3 is 24.8 Å². The summed E-state index contributed by atoms with van der Waals surface area (Å²) in [6.45, 7) is -0.594. The Hall–Kier alpha value is -0.530. The van der Waals surface area contributed by atoms with Crippen molar-refractivity contribution in [1.82, 2.24) is 0 Å².